The molecule has 1 aliphatic heterocycles. The number of nitrogens with zero attached hydrogens (tertiary/aromatic N) is 1. The van der Waals surface area contributed by atoms with Gasteiger partial charge in [-0.15, -0.1) is 0 Å². The molecule has 0 aromatic carbocycles. The number of hydrogen-bond acceptors (Lipinski definition) is 2. The van der Waals surface area contributed by atoms with Crippen molar-refractivity contribution < 1.29 is 31.9 Å². The van der Waals surface area contributed by atoms with Crippen molar-refractivity contribution in [3.63, 3.8) is 0 Å². The van der Waals surface area contributed by atoms with Crippen molar-refractivity contribution in [3.05, 3.63) is 0 Å². The van der Waals surface area contributed by atoms with Crippen LogP contribution in [-0.2, 0) is 4.79 Å². The summed E-state index contributed by atoms with van der Waals surface area (Å²) >= 11 is 0. The maximum atomic E-state index is 12.5. The highest BCUT2D eigenvalue weighted by Gasteiger charge is 2.64. The number of carbonyl (C=O) groups is 1. The number of halogens is 5. The van der Waals surface area contributed by atoms with Gasteiger partial charge in [-0.05, 0) is 6.42 Å². The van der Waals surface area contributed by atoms with E-state index in [4.69, 9.17) is 5.11 Å². The van der Waals surface area contributed by atoms with Crippen LogP contribution < -0.4 is 0 Å². The van der Waals surface area contributed by atoms with Gasteiger partial charge in [0.1, 0.15) is 0 Å². The zero-order chi connectivity index (χ0) is 11.9. The van der Waals surface area contributed by atoms with E-state index in [0.29, 0.717) is 4.90 Å². The summed E-state index contributed by atoms with van der Waals surface area (Å²) in [6, 6.07) is 0. The first-order chi connectivity index (χ1) is 6.66. The smallest absolute Gasteiger partial charge is 0.391 e. The topological polar surface area (TPSA) is 40.5 Å². The van der Waals surface area contributed by atoms with Crippen molar-refractivity contribution >= 4 is 5.91 Å². The zero-order valence-corrected chi connectivity index (χ0v) is 7.39. The summed E-state index contributed by atoms with van der Waals surface area (Å²) in [5.41, 5.74) is 0. The van der Waals surface area contributed by atoms with Gasteiger partial charge in [0.15, 0.2) is 0 Å². The maximum absolute atomic E-state index is 12.5. The number of alkyl halides is 5. The van der Waals surface area contributed by atoms with Gasteiger partial charge in [0.2, 0.25) is 0 Å². The Morgan fingerprint density at radius 2 is 1.80 bits per heavy atom. The van der Waals surface area contributed by atoms with Gasteiger partial charge in [0, 0.05) is 13.1 Å². The molecular weight excluding hydrogens is 225 g/mol. The van der Waals surface area contributed by atoms with Crippen molar-refractivity contribution in [1.29, 1.82) is 0 Å². The van der Waals surface area contributed by atoms with E-state index in [9.17, 15) is 26.7 Å². The Hall–Kier alpha value is -0.920. The SMILES string of the molecule is O=C(N1CC[C@H](O)C1)C(F)(F)C(F)(F)F. The molecule has 1 amide bonds. The van der Waals surface area contributed by atoms with Crippen LogP contribution in [-0.4, -0.2) is 47.2 Å². The Morgan fingerprint density at radius 1 is 1.27 bits per heavy atom. The molecule has 1 aliphatic rings. The molecule has 1 saturated heterocycles. The van der Waals surface area contributed by atoms with E-state index in [0.717, 1.165) is 0 Å². The molecule has 8 heteroatoms. The number of likely N-dealkylation sites (tertiary alicyclic amines) is 1. The number of aliphatic hydroxyl groups is 1. The molecule has 0 spiro atoms. The third-order valence-corrected chi connectivity index (χ3v) is 2.08. The van der Waals surface area contributed by atoms with Crippen LogP contribution in [0.4, 0.5) is 22.0 Å². The lowest BCUT2D eigenvalue weighted by Crippen LogP contribution is -2.51. The van der Waals surface area contributed by atoms with Gasteiger partial charge in [-0.25, -0.2) is 0 Å². The average molecular weight is 233 g/mol. The molecule has 3 nitrogen and oxygen atoms in total. The number of rotatable bonds is 1. The van der Waals surface area contributed by atoms with Crippen LogP contribution in [0.5, 0.6) is 0 Å². The first-order valence-corrected chi connectivity index (χ1v) is 4.08. The number of hydrogen-bond donors (Lipinski definition) is 1. The summed E-state index contributed by atoms with van der Waals surface area (Å²) in [5.74, 6) is -7.68. The summed E-state index contributed by atoms with van der Waals surface area (Å²) in [4.78, 5) is 11.1. The Labute approximate surface area is 81.5 Å². The second-order valence-electron chi connectivity index (χ2n) is 3.27. The monoisotopic (exact) mass is 233 g/mol. The Kier molecular flexibility index (Phi) is 2.90. The fourth-order valence-electron chi connectivity index (χ4n) is 1.25. The molecule has 0 saturated carbocycles. The van der Waals surface area contributed by atoms with Crippen molar-refractivity contribution in [2.45, 2.75) is 24.6 Å². The molecule has 0 radical (unpaired) electrons. The number of amides is 1. The Balaban J connectivity index is 2.76. The molecule has 1 fully saturated rings. The molecule has 0 aromatic rings. The molecule has 15 heavy (non-hydrogen) atoms. The van der Waals surface area contributed by atoms with Gasteiger partial charge < -0.3 is 10.0 Å². The minimum atomic E-state index is -5.89. The summed E-state index contributed by atoms with van der Waals surface area (Å²) in [5, 5.41) is 8.90. The number of aliphatic hydroxyl groups excluding tert-OH is 1. The molecule has 1 rings (SSSR count). The molecule has 0 unspecified atom stereocenters. The minimum absolute atomic E-state index is 0.0136. The average Bonchev–Trinajstić information content (AvgIpc) is 2.48. The highest BCUT2D eigenvalue weighted by atomic mass is 19.4. The molecular formula is C7H8F5NO2. The third-order valence-electron chi connectivity index (χ3n) is 2.08. The van der Waals surface area contributed by atoms with E-state index in [2.05, 4.69) is 0 Å². The van der Waals surface area contributed by atoms with Crippen LogP contribution >= 0.6 is 0 Å². The fraction of sp³-hybridized carbons (Fsp3) is 0.857. The van der Waals surface area contributed by atoms with Crippen molar-refractivity contribution in [3.8, 4) is 0 Å². The first kappa shape index (κ1) is 12.2. The quantitative estimate of drug-likeness (QED) is 0.680. The highest BCUT2D eigenvalue weighted by Crippen LogP contribution is 2.37. The summed E-state index contributed by atoms with van der Waals surface area (Å²) in [7, 11) is 0. The molecule has 1 heterocycles. The molecule has 88 valence electrons. The lowest BCUT2D eigenvalue weighted by molar-refractivity contribution is -0.274. The van der Waals surface area contributed by atoms with Crippen molar-refractivity contribution in [1.82, 2.24) is 4.90 Å². The highest BCUT2D eigenvalue weighted by molar-refractivity contribution is 5.84. The summed E-state index contributed by atoms with van der Waals surface area (Å²) in [6.45, 7) is -0.768. The predicted octanol–water partition coefficient (Wildman–Crippen LogP) is 0.777. The van der Waals surface area contributed by atoms with Gasteiger partial charge in [0.25, 0.3) is 0 Å². The Morgan fingerprint density at radius 3 is 2.13 bits per heavy atom. The number of carbonyl (C=O) groups excluding carboxylic acids is 1. The van der Waals surface area contributed by atoms with Gasteiger partial charge in [-0.2, -0.15) is 22.0 Å². The minimum Gasteiger partial charge on any atom is -0.391 e. The van der Waals surface area contributed by atoms with Gasteiger partial charge in [0.05, 0.1) is 6.10 Å². The van der Waals surface area contributed by atoms with Gasteiger partial charge in [-0.3, -0.25) is 4.79 Å². The molecule has 1 atom stereocenters. The lowest BCUT2D eigenvalue weighted by Gasteiger charge is -2.24. The van der Waals surface area contributed by atoms with Crippen LogP contribution in [0, 0.1) is 0 Å². The second-order valence-corrected chi connectivity index (χ2v) is 3.27. The van der Waals surface area contributed by atoms with Crippen LogP contribution in [0.1, 0.15) is 6.42 Å². The lowest BCUT2D eigenvalue weighted by atomic mass is 10.3. The van der Waals surface area contributed by atoms with Crippen LogP contribution in [0.15, 0.2) is 0 Å². The maximum Gasteiger partial charge on any atom is 0.463 e. The Bertz CT molecular complexity index is 265. The summed E-state index contributed by atoms with van der Waals surface area (Å²) < 4.78 is 60.3. The van der Waals surface area contributed by atoms with E-state index in [1.54, 1.807) is 0 Å². The van der Waals surface area contributed by atoms with Crippen molar-refractivity contribution in [2.24, 2.45) is 0 Å². The van der Waals surface area contributed by atoms with Crippen molar-refractivity contribution in [2.75, 3.05) is 13.1 Å². The molecule has 0 aromatic heterocycles. The van der Waals surface area contributed by atoms with E-state index in [1.165, 1.54) is 0 Å². The van der Waals surface area contributed by atoms with Crippen LogP contribution in [0.2, 0.25) is 0 Å². The van der Waals surface area contributed by atoms with Gasteiger partial charge >= 0.3 is 18.0 Å². The molecule has 0 bridgehead atoms. The molecule has 0 aliphatic carbocycles. The largest absolute Gasteiger partial charge is 0.463 e. The second kappa shape index (κ2) is 3.58. The zero-order valence-electron chi connectivity index (χ0n) is 7.39. The van der Waals surface area contributed by atoms with Crippen LogP contribution in [0.3, 0.4) is 0 Å². The predicted molar refractivity (Wildman–Crippen MR) is 38.2 cm³/mol. The van der Waals surface area contributed by atoms with E-state index in [-0.39, 0.29) is 13.0 Å². The van der Waals surface area contributed by atoms with E-state index < -0.39 is 30.7 Å². The van der Waals surface area contributed by atoms with Crippen LogP contribution in [0.25, 0.3) is 0 Å². The standard InChI is InChI=1S/C7H8F5NO2/c8-6(9,7(10,11)12)5(15)13-2-1-4(14)3-13/h4,14H,1-3H2/t4-/m0/s1. The third kappa shape index (κ3) is 2.19. The molecule has 1 N–H and O–H groups in total. The normalized spacial score (nSPS) is 23.3. The number of β-amino-alcohol motifs (C(OH)–C–C–N with tert-alkyl or cyclic N) is 1. The fourth-order valence-corrected chi connectivity index (χ4v) is 1.25. The van der Waals surface area contributed by atoms with Gasteiger partial charge in [-0.1, -0.05) is 0 Å². The van der Waals surface area contributed by atoms with E-state index in [1.807, 2.05) is 0 Å². The first-order valence-electron chi connectivity index (χ1n) is 4.08. The van der Waals surface area contributed by atoms with E-state index >= 15 is 0 Å². The summed E-state index contributed by atoms with van der Waals surface area (Å²) in [6.07, 6.45) is -6.91.